The van der Waals surface area contributed by atoms with Gasteiger partial charge in [-0.1, -0.05) is 55.5 Å². The van der Waals surface area contributed by atoms with Crippen LogP contribution in [0.25, 0.3) is 0 Å². The fraction of sp³-hybridized carbons (Fsp3) is 0.250. The molecule has 2 N–H and O–H groups in total. The number of benzene rings is 2. The Balaban J connectivity index is 2.11. The molecule has 0 saturated heterocycles. The molecule has 0 saturated carbocycles. The van der Waals surface area contributed by atoms with Gasteiger partial charge < -0.3 is 4.74 Å². The number of esters is 1. The predicted octanol–water partition coefficient (Wildman–Crippen LogP) is 2.37. The summed E-state index contributed by atoms with van der Waals surface area (Å²) in [5, 5.41) is 0. The van der Waals surface area contributed by atoms with Crippen LogP contribution in [0.5, 0.6) is 0 Å². The Kier molecular flexibility index (Phi) is 7.05. The average molecular weight is 354 g/mol. The molecule has 6 nitrogen and oxygen atoms in total. The van der Waals surface area contributed by atoms with E-state index in [0.29, 0.717) is 11.1 Å². The smallest absolute Gasteiger partial charge is 0.325 e. The molecule has 136 valence electrons. The zero-order chi connectivity index (χ0) is 18.9. The van der Waals surface area contributed by atoms with Crippen molar-refractivity contribution < 1.29 is 19.1 Å². The molecule has 26 heavy (non-hydrogen) atoms. The monoisotopic (exact) mass is 354 g/mol. The van der Waals surface area contributed by atoms with Crippen molar-refractivity contribution in [2.75, 3.05) is 6.61 Å². The van der Waals surface area contributed by atoms with Crippen molar-refractivity contribution in [1.82, 2.24) is 10.9 Å². The van der Waals surface area contributed by atoms with Crippen molar-refractivity contribution in [3.05, 3.63) is 71.8 Å². The maximum absolute atomic E-state index is 12.6. The first kappa shape index (κ1) is 19.3. The summed E-state index contributed by atoms with van der Waals surface area (Å²) in [6, 6.07) is 16.2. The van der Waals surface area contributed by atoms with Crippen molar-refractivity contribution >= 4 is 17.7 Å². The number of ether oxygens (including phenoxy) is 1. The summed E-state index contributed by atoms with van der Waals surface area (Å²) in [7, 11) is 0. The molecule has 0 aromatic heterocycles. The van der Waals surface area contributed by atoms with Gasteiger partial charge in [0.15, 0.2) is 5.78 Å². The van der Waals surface area contributed by atoms with E-state index in [-0.39, 0.29) is 12.4 Å². The van der Waals surface area contributed by atoms with E-state index >= 15 is 0 Å². The number of nitrogens with one attached hydrogen (secondary N) is 2. The Bertz CT molecular complexity index is 747. The van der Waals surface area contributed by atoms with Crippen molar-refractivity contribution in [3.63, 3.8) is 0 Å². The first-order valence-electron chi connectivity index (χ1n) is 8.41. The Morgan fingerprint density at radius 1 is 0.923 bits per heavy atom. The van der Waals surface area contributed by atoms with Gasteiger partial charge >= 0.3 is 5.97 Å². The van der Waals surface area contributed by atoms with Gasteiger partial charge in [0.25, 0.3) is 5.91 Å². The molecule has 2 rings (SSSR count). The number of amides is 1. The Morgan fingerprint density at radius 3 is 2.00 bits per heavy atom. The van der Waals surface area contributed by atoms with Crippen LogP contribution in [0.2, 0.25) is 0 Å². The molecule has 0 unspecified atom stereocenters. The molecule has 0 aliphatic rings. The van der Waals surface area contributed by atoms with Gasteiger partial charge in [-0.2, -0.15) is 0 Å². The third-order valence-electron chi connectivity index (χ3n) is 3.89. The largest absolute Gasteiger partial charge is 0.465 e. The minimum atomic E-state index is -1.00. The van der Waals surface area contributed by atoms with Gasteiger partial charge in [0.1, 0.15) is 6.04 Å². The average Bonchev–Trinajstić information content (AvgIpc) is 2.68. The maximum Gasteiger partial charge on any atom is 0.325 e. The van der Waals surface area contributed by atoms with Crippen LogP contribution in [0.4, 0.5) is 0 Å². The highest BCUT2D eigenvalue weighted by Gasteiger charge is 2.32. The standard InChI is InChI=1S/C20H22N2O4/c1-3-26-20(25)17(14(2)18(23)15-10-6-4-7-11-15)21-22-19(24)16-12-8-5-9-13-16/h4-14,17,21H,3H2,1-2H3,(H,22,24)/t14-,17+/m0/s1. The normalized spacial score (nSPS) is 12.7. The fourth-order valence-corrected chi connectivity index (χ4v) is 2.44. The van der Waals surface area contributed by atoms with E-state index in [1.54, 1.807) is 68.4 Å². The first-order valence-corrected chi connectivity index (χ1v) is 8.41. The quantitative estimate of drug-likeness (QED) is 0.432. The minimum Gasteiger partial charge on any atom is -0.465 e. The van der Waals surface area contributed by atoms with Crippen LogP contribution in [0, 0.1) is 5.92 Å². The summed E-state index contributed by atoms with van der Waals surface area (Å²) in [4.78, 5) is 37.1. The highest BCUT2D eigenvalue weighted by atomic mass is 16.5. The van der Waals surface area contributed by atoms with E-state index in [1.165, 1.54) is 0 Å². The molecule has 0 heterocycles. The highest BCUT2D eigenvalue weighted by Crippen LogP contribution is 2.13. The first-order chi connectivity index (χ1) is 12.5. The fourth-order valence-electron chi connectivity index (χ4n) is 2.44. The predicted molar refractivity (Wildman–Crippen MR) is 97.4 cm³/mol. The lowest BCUT2D eigenvalue weighted by Crippen LogP contribution is -2.53. The summed E-state index contributed by atoms with van der Waals surface area (Å²) in [6.45, 7) is 3.48. The van der Waals surface area contributed by atoms with Gasteiger partial charge in [-0.15, -0.1) is 0 Å². The molecule has 0 aliphatic heterocycles. The Hall–Kier alpha value is -2.99. The number of ketones is 1. The van der Waals surface area contributed by atoms with E-state index in [4.69, 9.17) is 4.74 Å². The molecule has 6 heteroatoms. The number of rotatable bonds is 8. The minimum absolute atomic E-state index is 0.176. The van der Waals surface area contributed by atoms with Crippen molar-refractivity contribution in [1.29, 1.82) is 0 Å². The zero-order valence-corrected chi connectivity index (χ0v) is 14.8. The van der Waals surface area contributed by atoms with Gasteiger partial charge in [0, 0.05) is 17.0 Å². The number of hydrogen-bond donors (Lipinski definition) is 2. The van der Waals surface area contributed by atoms with Crippen LogP contribution in [-0.2, 0) is 9.53 Å². The molecule has 2 atom stereocenters. The molecule has 0 fully saturated rings. The van der Waals surface area contributed by atoms with Gasteiger partial charge in [0.05, 0.1) is 6.61 Å². The lowest BCUT2D eigenvalue weighted by atomic mass is 9.93. The lowest BCUT2D eigenvalue weighted by molar-refractivity contribution is -0.146. The molecule has 1 amide bonds. The molecule has 0 aliphatic carbocycles. The summed E-state index contributed by atoms with van der Waals surface area (Å²) in [6.07, 6.45) is 0. The molecule has 2 aromatic carbocycles. The van der Waals surface area contributed by atoms with Gasteiger partial charge in [-0.05, 0) is 19.1 Å². The lowest BCUT2D eigenvalue weighted by Gasteiger charge is -2.23. The summed E-state index contributed by atoms with van der Waals surface area (Å²) < 4.78 is 5.04. The number of hydrazine groups is 1. The van der Waals surface area contributed by atoms with Gasteiger partial charge in [-0.25, -0.2) is 5.43 Å². The number of carbonyl (C=O) groups excluding carboxylic acids is 3. The van der Waals surface area contributed by atoms with E-state index in [9.17, 15) is 14.4 Å². The van der Waals surface area contributed by atoms with Crippen LogP contribution in [0.3, 0.4) is 0 Å². The number of hydrogen-bond acceptors (Lipinski definition) is 5. The van der Waals surface area contributed by atoms with Crippen molar-refractivity contribution in [3.8, 4) is 0 Å². The second-order valence-electron chi connectivity index (χ2n) is 5.71. The molecule has 2 aromatic rings. The number of carbonyl (C=O) groups is 3. The summed E-state index contributed by atoms with van der Waals surface area (Å²) >= 11 is 0. The van der Waals surface area contributed by atoms with E-state index in [0.717, 1.165) is 0 Å². The third kappa shape index (κ3) is 5.00. The van der Waals surface area contributed by atoms with Crippen LogP contribution in [0.15, 0.2) is 60.7 Å². The second-order valence-corrected chi connectivity index (χ2v) is 5.71. The maximum atomic E-state index is 12.6. The van der Waals surface area contributed by atoms with Gasteiger partial charge in [0.2, 0.25) is 0 Å². The Morgan fingerprint density at radius 2 is 1.46 bits per heavy atom. The number of Topliss-reactive ketones (excluding diaryl/α,β-unsaturated/α-hetero) is 1. The molecule has 0 radical (unpaired) electrons. The highest BCUT2D eigenvalue weighted by molar-refractivity contribution is 6.01. The molecular weight excluding hydrogens is 332 g/mol. The van der Waals surface area contributed by atoms with Gasteiger partial charge in [-0.3, -0.25) is 19.8 Å². The second kappa shape index (κ2) is 9.48. The van der Waals surface area contributed by atoms with Crippen molar-refractivity contribution in [2.24, 2.45) is 5.92 Å². The van der Waals surface area contributed by atoms with Crippen LogP contribution in [0.1, 0.15) is 34.6 Å². The summed E-state index contributed by atoms with van der Waals surface area (Å²) in [5.41, 5.74) is 6.07. The third-order valence-corrected chi connectivity index (χ3v) is 3.89. The van der Waals surface area contributed by atoms with E-state index in [1.807, 2.05) is 6.07 Å². The zero-order valence-electron chi connectivity index (χ0n) is 14.8. The van der Waals surface area contributed by atoms with Crippen LogP contribution < -0.4 is 10.9 Å². The topological polar surface area (TPSA) is 84.5 Å². The van der Waals surface area contributed by atoms with Crippen LogP contribution in [-0.4, -0.2) is 30.3 Å². The van der Waals surface area contributed by atoms with Crippen LogP contribution >= 0.6 is 0 Å². The Labute approximate surface area is 152 Å². The molecule has 0 spiro atoms. The molecular formula is C20H22N2O4. The summed E-state index contributed by atoms with van der Waals surface area (Å²) in [5.74, 6) is -1.95. The van der Waals surface area contributed by atoms with E-state index < -0.39 is 23.8 Å². The van der Waals surface area contributed by atoms with Crippen molar-refractivity contribution in [2.45, 2.75) is 19.9 Å². The van der Waals surface area contributed by atoms with E-state index in [2.05, 4.69) is 10.9 Å². The SMILES string of the molecule is CCOC(=O)[C@H](NNC(=O)c1ccccc1)[C@H](C)C(=O)c1ccccc1. The molecule has 0 bridgehead atoms.